The van der Waals surface area contributed by atoms with Crippen LogP contribution in [0.4, 0.5) is 8.78 Å². The third-order valence-corrected chi connectivity index (χ3v) is 3.70. The summed E-state index contributed by atoms with van der Waals surface area (Å²) >= 11 is 11.8. The molecule has 0 radical (unpaired) electrons. The van der Waals surface area contributed by atoms with Crippen LogP contribution < -0.4 is 11.1 Å². The van der Waals surface area contributed by atoms with Crippen LogP contribution in [0.5, 0.6) is 0 Å². The maximum absolute atomic E-state index is 12.9. The average molecular weight is 323 g/mol. The molecule has 1 aromatic rings. The van der Waals surface area contributed by atoms with Crippen molar-refractivity contribution in [1.29, 1.82) is 0 Å². The van der Waals surface area contributed by atoms with Gasteiger partial charge >= 0.3 is 0 Å². The predicted octanol–water partition coefficient (Wildman–Crippen LogP) is 2.81. The van der Waals surface area contributed by atoms with E-state index in [1.807, 2.05) is 0 Å². The third kappa shape index (κ3) is 3.81. The van der Waals surface area contributed by atoms with Gasteiger partial charge < -0.3 is 11.1 Å². The molecule has 110 valence electrons. The van der Waals surface area contributed by atoms with Gasteiger partial charge in [0, 0.05) is 16.0 Å². The Morgan fingerprint density at radius 1 is 1.35 bits per heavy atom. The second-order valence-corrected chi connectivity index (χ2v) is 5.80. The van der Waals surface area contributed by atoms with Crippen LogP contribution in [0.1, 0.15) is 17.9 Å². The maximum Gasteiger partial charge on any atom is 0.277 e. The summed E-state index contributed by atoms with van der Waals surface area (Å²) in [4.78, 5) is 11.8. The van der Waals surface area contributed by atoms with Gasteiger partial charge in [-0.1, -0.05) is 23.2 Å². The monoisotopic (exact) mass is 322 g/mol. The zero-order valence-electron chi connectivity index (χ0n) is 10.5. The predicted molar refractivity (Wildman–Crippen MR) is 74.3 cm³/mol. The molecule has 1 fully saturated rings. The molecule has 2 unspecified atom stereocenters. The van der Waals surface area contributed by atoms with E-state index in [4.69, 9.17) is 28.9 Å². The molecule has 1 amide bonds. The number of amides is 1. The SMILES string of the molecule is NCC(F)(F)CNC(=O)C1CC1c1cc(Cl)cc(Cl)c1. The number of nitrogens with one attached hydrogen (secondary N) is 1. The number of alkyl halides is 2. The molecule has 0 aliphatic heterocycles. The summed E-state index contributed by atoms with van der Waals surface area (Å²) < 4.78 is 25.9. The number of nitrogens with two attached hydrogens (primary N) is 1. The maximum atomic E-state index is 12.9. The normalized spacial score (nSPS) is 21.6. The van der Waals surface area contributed by atoms with Gasteiger partial charge in [0.2, 0.25) is 5.91 Å². The van der Waals surface area contributed by atoms with Crippen LogP contribution in [-0.2, 0) is 4.79 Å². The first-order valence-electron chi connectivity index (χ1n) is 6.14. The first-order chi connectivity index (χ1) is 9.32. The summed E-state index contributed by atoms with van der Waals surface area (Å²) in [5, 5.41) is 3.22. The van der Waals surface area contributed by atoms with E-state index in [-0.39, 0.29) is 17.7 Å². The fourth-order valence-corrected chi connectivity index (χ4v) is 2.61. The van der Waals surface area contributed by atoms with Gasteiger partial charge in [-0.2, -0.15) is 0 Å². The largest absolute Gasteiger partial charge is 0.350 e. The Kier molecular flexibility index (Phi) is 4.52. The fourth-order valence-electron chi connectivity index (χ4n) is 2.06. The van der Waals surface area contributed by atoms with Gasteiger partial charge in [0.15, 0.2) is 0 Å². The molecule has 1 aliphatic carbocycles. The molecule has 3 nitrogen and oxygen atoms in total. The molecule has 0 spiro atoms. The smallest absolute Gasteiger partial charge is 0.277 e. The van der Waals surface area contributed by atoms with Crippen molar-refractivity contribution in [1.82, 2.24) is 5.32 Å². The molecule has 2 atom stereocenters. The number of carbonyl (C=O) groups excluding carboxylic acids is 1. The van der Waals surface area contributed by atoms with Crippen LogP contribution in [0, 0.1) is 5.92 Å². The molecular weight excluding hydrogens is 309 g/mol. The molecule has 20 heavy (non-hydrogen) atoms. The number of rotatable bonds is 5. The Morgan fingerprint density at radius 3 is 2.50 bits per heavy atom. The van der Waals surface area contributed by atoms with Crippen molar-refractivity contribution < 1.29 is 13.6 Å². The topological polar surface area (TPSA) is 55.1 Å². The van der Waals surface area contributed by atoms with E-state index < -0.39 is 19.0 Å². The first-order valence-corrected chi connectivity index (χ1v) is 6.89. The minimum absolute atomic E-state index is 0.0160. The molecule has 1 aliphatic rings. The average Bonchev–Trinajstić information content (AvgIpc) is 3.15. The van der Waals surface area contributed by atoms with E-state index in [0.29, 0.717) is 16.5 Å². The summed E-state index contributed by atoms with van der Waals surface area (Å²) in [6.45, 7) is -1.52. The van der Waals surface area contributed by atoms with Gasteiger partial charge in [0.05, 0.1) is 13.1 Å². The molecule has 7 heteroatoms. The second kappa shape index (κ2) is 5.84. The third-order valence-electron chi connectivity index (χ3n) is 3.26. The van der Waals surface area contributed by atoms with Crippen molar-refractivity contribution in [3.8, 4) is 0 Å². The van der Waals surface area contributed by atoms with E-state index in [1.54, 1.807) is 18.2 Å². The van der Waals surface area contributed by atoms with E-state index >= 15 is 0 Å². The highest BCUT2D eigenvalue weighted by Crippen LogP contribution is 2.48. The van der Waals surface area contributed by atoms with Gasteiger partial charge in [-0.15, -0.1) is 0 Å². The molecule has 0 heterocycles. The molecule has 1 aromatic carbocycles. The van der Waals surface area contributed by atoms with Crippen LogP contribution in [0.2, 0.25) is 10.0 Å². The number of halogens is 4. The quantitative estimate of drug-likeness (QED) is 0.875. The van der Waals surface area contributed by atoms with Crippen LogP contribution in [-0.4, -0.2) is 24.9 Å². The number of hydrogen-bond donors (Lipinski definition) is 2. The lowest BCUT2D eigenvalue weighted by Crippen LogP contribution is -2.42. The van der Waals surface area contributed by atoms with Gasteiger partial charge in [0.1, 0.15) is 0 Å². The standard InChI is InChI=1S/C13H14Cl2F2N2O/c14-8-1-7(2-9(15)3-8)10-4-11(10)12(20)19-6-13(16,17)5-18/h1-3,10-11H,4-6,18H2,(H,19,20). The van der Waals surface area contributed by atoms with Crippen molar-refractivity contribution in [3.63, 3.8) is 0 Å². The summed E-state index contributed by atoms with van der Waals surface area (Å²) in [6.07, 6.45) is 0.608. The fraction of sp³-hybridized carbons (Fsp3) is 0.462. The number of hydrogen-bond acceptors (Lipinski definition) is 2. The van der Waals surface area contributed by atoms with Crippen molar-refractivity contribution in [2.75, 3.05) is 13.1 Å². The lowest BCUT2D eigenvalue weighted by atomic mass is 10.1. The van der Waals surface area contributed by atoms with Gasteiger partial charge in [0.25, 0.3) is 5.92 Å². The zero-order valence-corrected chi connectivity index (χ0v) is 12.0. The van der Waals surface area contributed by atoms with Gasteiger partial charge in [-0.3, -0.25) is 4.79 Å². The summed E-state index contributed by atoms with van der Waals surface area (Å²) in [5.41, 5.74) is 5.76. The summed E-state index contributed by atoms with van der Waals surface area (Å²) in [6, 6.07) is 5.08. The minimum Gasteiger partial charge on any atom is -0.350 e. The second-order valence-electron chi connectivity index (χ2n) is 4.93. The Bertz CT molecular complexity index is 505. The van der Waals surface area contributed by atoms with E-state index in [2.05, 4.69) is 5.32 Å². The Morgan fingerprint density at radius 2 is 1.95 bits per heavy atom. The van der Waals surface area contributed by atoms with Crippen LogP contribution in [0.25, 0.3) is 0 Å². The summed E-state index contributed by atoms with van der Waals surface area (Å²) in [7, 11) is 0. The van der Waals surface area contributed by atoms with Crippen LogP contribution >= 0.6 is 23.2 Å². The molecule has 2 rings (SSSR count). The zero-order chi connectivity index (χ0) is 14.9. The number of benzene rings is 1. The number of carbonyl (C=O) groups is 1. The lowest BCUT2D eigenvalue weighted by molar-refractivity contribution is -0.124. The van der Waals surface area contributed by atoms with Crippen molar-refractivity contribution in [3.05, 3.63) is 33.8 Å². The van der Waals surface area contributed by atoms with Crippen molar-refractivity contribution >= 4 is 29.1 Å². The van der Waals surface area contributed by atoms with Crippen molar-refractivity contribution in [2.45, 2.75) is 18.3 Å². The molecule has 0 saturated heterocycles. The van der Waals surface area contributed by atoms with Crippen LogP contribution in [0.3, 0.4) is 0 Å². The molecule has 0 aromatic heterocycles. The van der Waals surface area contributed by atoms with E-state index in [9.17, 15) is 13.6 Å². The highest BCUT2D eigenvalue weighted by molar-refractivity contribution is 6.34. The highest BCUT2D eigenvalue weighted by Gasteiger charge is 2.44. The Labute approximate surface area is 125 Å². The molecular formula is C13H14Cl2F2N2O. The lowest BCUT2D eigenvalue weighted by Gasteiger charge is -2.14. The minimum atomic E-state index is -3.07. The molecule has 3 N–H and O–H groups in total. The van der Waals surface area contributed by atoms with Gasteiger partial charge in [-0.25, -0.2) is 8.78 Å². The van der Waals surface area contributed by atoms with Crippen LogP contribution in [0.15, 0.2) is 18.2 Å². The van der Waals surface area contributed by atoms with Crippen molar-refractivity contribution in [2.24, 2.45) is 11.7 Å². The highest BCUT2D eigenvalue weighted by atomic mass is 35.5. The first kappa shape index (κ1) is 15.5. The molecule has 1 saturated carbocycles. The molecule has 0 bridgehead atoms. The Balaban J connectivity index is 1.92. The van der Waals surface area contributed by atoms with Gasteiger partial charge in [-0.05, 0) is 36.1 Å². The summed E-state index contributed by atoms with van der Waals surface area (Å²) in [5.74, 6) is -3.78. The van der Waals surface area contributed by atoms with E-state index in [1.165, 1.54) is 0 Å². The van der Waals surface area contributed by atoms with E-state index in [0.717, 1.165) is 5.56 Å². The Hall–Kier alpha value is -0.910.